The first-order valence-corrected chi connectivity index (χ1v) is 12.7. The fourth-order valence-corrected chi connectivity index (χ4v) is 4.75. The number of nitrogens with one attached hydrogen (secondary N) is 1. The summed E-state index contributed by atoms with van der Waals surface area (Å²) in [4.78, 5) is 31.5. The van der Waals surface area contributed by atoms with Crippen LogP contribution in [0, 0.1) is 0 Å². The summed E-state index contributed by atoms with van der Waals surface area (Å²) in [5, 5.41) is 0.652. The van der Waals surface area contributed by atoms with Gasteiger partial charge in [-0.25, -0.2) is 0 Å². The third kappa shape index (κ3) is 5.15. The van der Waals surface area contributed by atoms with Gasteiger partial charge in [0, 0.05) is 10.6 Å². The van der Waals surface area contributed by atoms with Gasteiger partial charge < -0.3 is 14.5 Å². The molecular weight excluding hydrogens is 474 g/mol. The number of hydrogen-bond donors (Lipinski definition) is 1. The number of halogens is 1. The van der Waals surface area contributed by atoms with Gasteiger partial charge in [0.15, 0.2) is 11.5 Å². The maximum absolute atomic E-state index is 13.4. The fraction of sp³-hybridized carbons (Fsp3) is 0.241. The molecule has 6 nitrogen and oxygen atoms in total. The number of nitrogens with zero attached hydrogens (tertiary/aromatic N) is 2. The lowest BCUT2D eigenvalue weighted by Crippen LogP contribution is -3.14. The van der Waals surface area contributed by atoms with Gasteiger partial charge in [-0.05, 0) is 60.5 Å². The van der Waals surface area contributed by atoms with Crippen LogP contribution < -0.4 is 14.5 Å². The molecule has 1 saturated heterocycles. The van der Waals surface area contributed by atoms with E-state index in [1.807, 2.05) is 77.7 Å². The molecule has 2 aliphatic rings. The molecule has 7 heteroatoms. The number of fused-ring (bicyclic) bond motifs is 1. The fourth-order valence-electron chi connectivity index (χ4n) is 4.63. The number of piperazine rings is 1. The number of carbonyl (C=O) groups is 2. The molecule has 36 heavy (non-hydrogen) atoms. The van der Waals surface area contributed by atoms with E-state index >= 15 is 0 Å². The highest BCUT2D eigenvalue weighted by Gasteiger charge is 2.30. The number of anilines is 1. The van der Waals surface area contributed by atoms with E-state index in [0.717, 1.165) is 49.5 Å². The number of hydrogen-bond acceptors (Lipinski definition) is 3. The maximum Gasteiger partial charge on any atom is 0.294 e. The zero-order valence-corrected chi connectivity index (χ0v) is 21.0. The van der Waals surface area contributed by atoms with Crippen LogP contribution in [0.5, 0.6) is 5.75 Å². The topological polar surface area (TPSA) is 54.3 Å². The van der Waals surface area contributed by atoms with Crippen molar-refractivity contribution >= 4 is 35.2 Å². The zero-order valence-electron chi connectivity index (χ0n) is 20.2. The Morgan fingerprint density at radius 1 is 1.00 bits per heavy atom. The second kappa shape index (κ2) is 10.6. The van der Waals surface area contributed by atoms with Gasteiger partial charge in [0.05, 0.1) is 45.0 Å². The molecule has 3 aromatic carbocycles. The van der Waals surface area contributed by atoms with E-state index in [4.69, 9.17) is 16.3 Å². The summed E-state index contributed by atoms with van der Waals surface area (Å²) in [7, 11) is 0. The number of rotatable bonds is 5. The Balaban J connectivity index is 1.35. The lowest BCUT2D eigenvalue weighted by Gasteiger charge is -2.31. The molecule has 0 unspecified atom stereocenters. The van der Waals surface area contributed by atoms with Gasteiger partial charge in [0.1, 0.15) is 0 Å². The summed E-state index contributed by atoms with van der Waals surface area (Å²) in [6.07, 6.45) is 1.73. The highest BCUT2D eigenvalue weighted by atomic mass is 35.5. The number of carbonyl (C=O) groups excluding carboxylic acids is 2. The highest BCUT2D eigenvalue weighted by Crippen LogP contribution is 2.36. The Labute approximate surface area is 216 Å². The predicted molar refractivity (Wildman–Crippen MR) is 141 cm³/mol. The van der Waals surface area contributed by atoms with Gasteiger partial charge in [-0.2, -0.15) is 0 Å². The molecule has 0 aliphatic carbocycles. The third-order valence-electron chi connectivity index (χ3n) is 6.80. The number of amides is 2. The minimum Gasteiger partial charge on any atom is -0.449 e. The van der Waals surface area contributed by atoms with Gasteiger partial charge in [0.2, 0.25) is 0 Å². The summed E-state index contributed by atoms with van der Waals surface area (Å²) < 4.78 is 6.00. The van der Waals surface area contributed by atoms with Crippen LogP contribution in [0.1, 0.15) is 28.4 Å². The number of para-hydroxylation sites is 2. The van der Waals surface area contributed by atoms with Crippen molar-refractivity contribution < 1.29 is 19.2 Å². The molecule has 3 aromatic rings. The van der Waals surface area contributed by atoms with Crippen molar-refractivity contribution in [3.63, 3.8) is 0 Å². The molecule has 2 amide bonds. The minimum atomic E-state index is -0.222. The normalized spacial score (nSPS) is 17.2. The molecule has 0 saturated carbocycles. The third-order valence-corrected chi connectivity index (χ3v) is 7.05. The van der Waals surface area contributed by atoms with Crippen LogP contribution >= 0.6 is 11.6 Å². The average Bonchev–Trinajstić information content (AvgIpc) is 2.92. The standard InChI is InChI=1S/C29H28ClN3O3/c1-2-31-15-17-32(18-16-31)28(34)23-11-7-21(8-12-23)19-27-29(35)33(20-22-9-13-24(30)14-10-22)25-5-3-4-6-26(25)36-27/h3-14,19H,2,15-18,20H2,1H3/p+1. The molecule has 1 fully saturated rings. The van der Waals surface area contributed by atoms with E-state index in [1.165, 1.54) is 4.90 Å². The molecule has 184 valence electrons. The number of benzene rings is 3. The van der Waals surface area contributed by atoms with Crippen molar-refractivity contribution in [1.29, 1.82) is 0 Å². The Hall–Kier alpha value is -3.61. The van der Waals surface area contributed by atoms with Crippen LogP contribution in [0.2, 0.25) is 5.02 Å². The van der Waals surface area contributed by atoms with Crippen molar-refractivity contribution in [1.82, 2.24) is 4.90 Å². The van der Waals surface area contributed by atoms with Gasteiger partial charge in [-0.3, -0.25) is 14.5 Å². The van der Waals surface area contributed by atoms with Crippen LogP contribution in [-0.2, 0) is 11.3 Å². The summed E-state index contributed by atoms with van der Waals surface area (Å²) in [5.74, 6) is 0.690. The second-order valence-corrected chi connectivity index (χ2v) is 9.55. The number of likely N-dealkylation sites (N-methyl/N-ethyl adjacent to an activating group) is 1. The summed E-state index contributed by atoms with van der Waals surface area (Å²) >= 11 is 6.03. The van der Waals surface area contributed by atoms with Crippen LogP contribution in [0.25, 0.3) is 6.08 Å². The molecule has 2 aliphatic heterocycles. The molecule has 0 atom stereocenters. The smallest absolute Gasteiger partial charge is 0.294 e. The first-order chi connectivity index (χ1) is 17.5. The van der Waals surface area contributed by atoms with Crippen LogP contribution in [0.4, 0.5) is 5.69 Å². The Kier molecular flexibility index (Phi) is 7.07. The van der Waals surface area contributed by atoms with Crippen molar-refractivity contribution in [3.05, 3.63) is 100 Å². The van der Waals surface area contributed by atoms with Crippen molar-refractivity contribution in [2.24, 2.45) is 0 Å². The Morgan fingerprint density at radius 3 is 2.39 bits per heavy atom. The molecule has 0 bridgehead atoms. The highest BCUT2D eigenvalue weighted by molar-refractivity contribution is 6.30. The monoisotopic (exact) mass is 502 g/mol. The van der Waals surface area contributed by atoms with Crippen molar-refractivity contribution in [3.8, 4) is 5.75 Å². The second-order valence-electron chi connectivity index (χ2n) is 9.11. The molecule has 1 N–H and O–H groups in total. The molecule has 5 rings (SSSR count). The first-order valence-electron chi connectivity index (χ1n) is 12.3. The molecule has 0 spiro atoms. The number of ether oxygens (including phenoxy) is 1. The van der Waals surface area contributed by atoms with Gasteiger partial charge in [-0.1, -0.05) is 48.0 Å². The van der Waals surface area contributed by atoms with Crippen LogP contribution in [0.3, 0.4) is 0 Å². The summed E-state index contributed by atoms with van der Waals surface area (Å²) in [6, 6.07) is 22.3. The van der Waals surface area contributed by atoms with Gasteiger partial charge in [0.25, 0.3) is 11.8 Å². The van der Waals surface area contributed by atoms with Crippen LogP contribution in [0.15, 0.2) is 78.6 Å². The Bertz CT molecular complexity index is 1280. The summed E-state index contributed by atoms with van der Waals surface area (Å²) in [6.45, 7) is 7.19. The molecule has 0 radical (unpaired) electrons. The van der Waals surface area contributed by atoms with Crippen LogP contribution in [-0.4, -0.2) is 49.4 Å². The largest absolute Gasteiger partial charge is 0.449 e. The SMILES string of the molecule is CC[NH+]1CCN(C(=O)c2ccc(C=C3Oc4ccccc4N(Cc4ccc(Cl)cc4)C3=O)cc2)CC1. The zero-order chi connectivity index (χ0) is 25.1. The van der Waals surface area contributed by atoms with E-state index in [-0.39, 0.29) is 17.6 Å². The lowest BCUT2D eigenvalue weighted by atomic mass is 10.1. The van der Waals surface area contributed by atoms with Crippen molar-refractivity contribution in [2.45, 2.75) is 13.5 Å². The quantitative estimate of drug-likeness (QED) is 0.542. The average molecular weight is 503 g/mol. The lowest BCUT2D eigenvalue weighted by molar-refractivity contribution is -0.902. The number of quaternary nitrogens is 1. The minimum absolute atomic E-state index is 0.0532. The molecule has 2 heterocycles. The van der Waals surface area contributed by atoms with E-state index in [2.05, 4.69) is 6.92 Å². The van der Waals surface area contributed by atoms with Gasteiger partial charge >= 0.3 is 0 Å². The molecule has 0 aromatic heterocycles. The first kappa shape index (κ1) is 24.1. The predicted octanol–water partition coefficient (Wildman–Crippen LogP) is 3.67. The van der Waals surface area contributed by atoms with Crippen molar-refractivity contribution in [2.75, 3.05) is 37.6 Å². The van der Waals surface area contributed by atoms with E-state index in [1.54, 1.807) is 11.0 Å². The van der Waals surface area contributed by atoms with E-state index < -0.39 is 0 Å². The maximum atomic E-state index is 13.4. The van der Waals surface area contributed by atoms with Gasteiger partial charge in [-0.15, -0.1) is 0 Å². The Morgan fingerprint density at radius 2 is 1.69 bits per heavy atom. The van der Waals surface area contributed by atoms with E-state index in [0.29, 0.717) is 22.9 Å². The molecular formula is C29H29ClN3O3+. The van der Waals surface area contributed by atoms with E-state index in [9.17, 15) is 9.59 Å². The summed E-state index contributed by atoms with van der Waals surface area (Å²) in [5.41, 5.74) is 3.14.